The predicted octanol–water partition coefficient (Wildman–Crippen LogP) is 2.82. The number of sulfone groups is 1. The highest BCUT2D eigenvalue weighted by molar-refractivity contribution is 7.91. The van der Waals surface area contributed by atoms with Gasteiger partial charge in [-0.1, -0.05) is 31.0 Å². The number of carbonyl (C=O) groups excluding carboxylic acids is 1. The molecular weight excluding hydrogens is 355 g/mol. The Balaban J connectivity index is 1.88. The molecule has 1 aromatic carbocycles. The molecule has 2 aliphatic rings. The van der Waals surface area contributed by atoms with Crippen LogP contribution in [0.5, 0.6) is 0 Å². The van der Waals surface area contributed by atoms with Crippen LogP contribution in [0.25, 0.3) is 0 Å². The molecule has 25 heavy (non-hydrogen) atoms. The smallest absolute Gasteiger partial charge is 0.352 e. The van der Waals surface area contributed by atoms with Crippen molar-refractivity contribution in [2.45, 2.75) is 49.7 Å². The maximum atomic E-state index is 13.0. The summed E-state index contributed by atoms with van der Waals surface area (Å²) in [5, 5.41) is 2.77. The molecule has 3 rings (SSSR count). The lowest BCUT2D eigenvalue weighted by atomic mass is 9.77. The number of benzene rings is 1. The first kappa shape index (κ1) is 18.2. The molecule has 1 heterocycles. The zero-order valence-electron chi connectivity index (χ0n) is 13.6. The fourth-order valence-corrected chi connectivity index (χ4v) is 5.52. The van der Waals surface area contributed by atoms with Crippen LogP contribution >= 0.6 is 0 Å². The number of hydrogen-bond acceptors (Lipinski definition) is 3. The van der Waals surface area contributed by atoms with E-state index in [4.69, 9.17) is 0 Å². The van der Waals surface area contributed by atoms with Gasteiger partial charge in [0.15, 0.2) is 9.84 Å². The molecule has 2 fully saturated rings. The van der Waals surface area contributed by atoms with Crippen molar-refractivity contribution in [2.24, 2.45) is 0 Å². The number of amides is 1. The summed E-state index contributed by atoms with van der Waals surface area (Å²) in [6.45, 7) is 0. The van der Waals surface area contributed by atoms with Crippen LogP contribution < -0.4 is 5.32 Å². The Labute approximate surface area is 144 Å². The van der Waals surface area contributed by atoms with Crippen molar-refractivity contribution in [1.82, 2.24) is 5.32 Å². The van der Waals surface area contributed by atoms with Crippen LogP contribution in [0, 0.1) is 0 Å². The zero-order valence-corrected chi connectivity index (χ0v) is 14.4. The highest BCUT2D eigenvalue weighted by Crippen LogP contribution is 2.43. The van der Waals surface area contributed by atoms with E-state index >= 15 is 0 Å². The summed E-state index contributed by atoms with van der Waals surface area (Å²) in [6, 6.07) is 4.47. The topological polar surface area (TPSA) is 63.2 Å². The minimum atomic E-state index is -4.47. The Morgan fingerprint density at radius 3 is 2.44 bits per heavy atom. The lowest BCUT2D eigenvalue weighted by Crippen LogP contribution is -2.47. The summed E-state index contributed by atoms with van der Waals surface area (Å²) in [7, 11) is -3.14. The maximum Gasteiger partial charge on any atom is 0.416 e. The van der Waals surface area contributed by atoms with Gasteiger partial charge in [-0.3, -0.25) is 4.79 Å². The molecule has 1 saturated carbocycles. The van der Waals surface area contributed by atoms with E-state index in [1.54, 1.807) is 6.07 Å². The first-order valence-corrected chi connectivity index (χ1v) is 10.1. The number of alkyl halides is 3. The molecule has 0 unspecified atom stereocenters. The molecule has 1 N–H and O–H groups in total. The van der Waals surface area contributed by atoms with E-state index in [1.807, 2.05) is 0 Å². The van der Waals surface area contributed by atoms with Crippen molar-refractivity contribution in [3.8, 4) is 0 Å². The third-order valence-electron chi connectivity index (χ3n) is 5.20. The normalized spacial score (nSPS) is 25.0. The molecule has 0 bridgehead atoms. The van der Waals surface area contributed by atoms with Crippen LogP contribution in [0.4, 0.5) is 13.2 Å². The van der Waals surface area contributed by atoms with Gasteiger partial charge in [0, 0.05) is 6.04 Å². The van der Waals surface area contributed by atoms with Crippen molar-refractivity contribution in [2.75, 3.05) is 11.5 Å². The number of nitrogens with one attached hydrogen (secondary N) is 1. The Bertz CT molecular complexity index is 768. The van der Waals surface area contributed by atoms with Gasteiger partial charge < -0.3 is 5.32 Å². The fourth-order valence-electron chi connectivity index (χ4n) is 3.85. The summed E-state index contributed by atoms with van der Waals surface area (Å²) in [6.07, 6.45) is -1.66. The highest BCUT2D eigenvalue weighted by atomic mass is 32.2. The second kappa shape index (κ2) is 6.30. The molecule has 0 spiro atoms. The van der Waals surface area contributed by atoms with E-state index in [0.717, 1.165) is 25.0 Å². The second-order valence-corrected chi connectivity index (χ2v) is 9.17. The summed E-state index contributed by atoms with van der Waals surface area (Å²) < 4.78 is 62.2. The first-order valence-electron chi connectivity index (χ1n) is 8.32. The fraction of sp³-hybridized carbons (Fsp3) is 0.588. The summed E-state index contributed by atoms with van der Waals surface area (Å²) >= 11 is 0. The maximum absolute atomic E-state index is 13.0. The van der Waals surface area contributed by atoms with Gasteiger partial charge >= 0.3 is 6.18 Å². The number of carbonyl (C=O) groups is 1. The van der Waals surface area contributed by atoms with Gasteiger partial charge in [0.05, 0.1) is 22.5 Å². The minimum Gasteiger partial charge on any atom is -0.352 e. The molecule has 0 aromatic heterocycles. The molecule has 4 nitrogen and oxygen atoms in total. The number of halogens is 3. The van der Waals surface area contributed by atoms with E-state index in [1.165, 1.54) is 6.07 Å². The summed E-state index contributed by atoms with van der Waals surface area (Å²) in [4.78, 5) is 12.9. The summed E-state index contributed by atoms with van der Waals surface area (Å²) in [5.74, 6) is -0.419. The van der Waals surface area contributed by atoms with Gasteiger partial charge in [-0.25, -0.2) is 8.42 Å². The molecule has 1 amide bonds. The van der Waals surface area contributed by atoms with Crippen LogP contribution in [0.3, 0.4) is 0 Å². The lowest BCUT2D eigenvalue weighted by Gasteiger charge is -2.30. The molecule has 1 saturated heterocycles. The third kappa shape index (κ3) is 3.68. The second-order valence-electron chi connectivity index (χ2n) is 6.94. The van der Waals surface area contributed by atoms with Gasteiger partial charge in [-0.05, 0) is 30.9 Å². The average molecular weight is 375 g/mol. The van der Waals surface area contributed by atoms with Crippen molar-refractivity contribution in [1.29, 1.82) is 0 Å². The molecule has 0 radical (unpaired) electrons. The van der Waals surface area contributed by atoms with Gasteiger partial charge in [0.25, 0.3) is 0 Å². The lowest BCUT2D eigenvalue weighted by molar-refractivity contribution is -0.138. The van der Waals surface area contributed by atoms with Crippen molar-refractivity contribution in [3.05, 3.63) is 35.4 Å². The van der Waals surface area contributed by atoms with Gasteiger partial charge in [0.1, 0.15) is 0 Å². The molecule has 8 heteroatoms. The molecule has 1 atom stereocenters. The molecule has 1 aliphatic heterocycles. The number of rotatable bonds is 3. The minimum absolute atomic E-state index is 0.0362. The van der Waals surface area contributed by atoms with E-state index in [2.05, 4.69) is 5.32 Å². The predicted molar refractivity (Wildman–Crippen MR) is 86.8 cm³/mol. The SMILES string of the molecule is O=C(N[C@@H]1CCS(=O)(=O)C1)C1(c2cccc(C(F)(F)F)c2)CCCC1. The molecular formula is C17H20F3NO3S. The quantitative estimate of drug-likeness (QED) is 0.884. The Morgan fingerprint density at radius 1 is 1.20 bits per heavy atom. The van der Waals surface area contributed by atoms with Crippen LogP contribution in [-0.4, -0.2) is 31.9 Å². The first-order chi connectivity index (χ1) is 11.6. The van der Waals surface area contributed by atoms with E-state index in [0.29, 0.717) is 24.8 Å². The van der Waals surface area contributed by atoms with Crippen LogP contribution in [0.2, 0.25) is 0 Å². The van der Waals surface area contributed by atoms with E-state index in [-0.39, 0.29) is 17.4 Å². The van der Waals surface area contributed by atoms with Crippen molar-refractivity contribution < 1.29 is 26.4 Å². The standard InChI is InChI=1S/C17H20F3NO3S/c18-17(19,20)13-5-3-4-12(10-13)16(7-1-2-8-16)15(22)21-14-6-9-25(23,24)11-14/h3-5,10,14H,1-2,6-9,11H2,(H,21,22)/t14-/m1/s1. The van der Waals surface area contributed by atoms with Gasteiger partial charge in [-0.2, -0.15) is 13.2 Å². The number of hydrogen-bond donors (Lipinski definition) is 1. The van der Waals surface area contributed by atoms with Crippen molar-refractivity contribution >= 4 is 15.7 Å². The Kier molecular flexibility index (Phi) is 4.59. The van der Waals surface area contributed by atoms with E-state index in [9.17, 15) is 26.4 Å². The molecule has 138 valence electrons. The van der Waals surface area contributed by atoms with Crippen LogP contribution in [-0.2, 0) is 26.2 Å². The van der Waals surface area contributed by atoms with Gasteiger partial charge in [-0.15, -0.1) is 0 Å². The van der Waals surface area contributed by atoms with E-state index < -0.39 is 33.0 Å². The molecule has 1 aromatic rings. The zero-order chi connectivity index (χ0) is 18.3. The molecule has 1 aliphatic carbocycles. The largest absolute Gasteiger partial charge is 0.416 e. The summed E-state index contributed by atoms with van der Waals surface area (Å²) in [5.41, 5.74) is -1.42. The monoisotopic (exact) mass is 375 g/mol. The van der Waals surface area contributed by atoms with Crippen LogP contribution in [0.15, 0.2) is 24.3 Å². The third-order valence-corrected chi connectivity index (χ3v) is 6.97. The van der Waals surface area contributed by atoms with Crippen molar-refractivity contribution in [3.63, 3.8) is 0 Å². The van der Waals surface area contributed by atoms with Crippen LogP contribution in [0.1, 0.15) is 43.2 Å². The Hall–Kier alpha value is -1.57. The Morgan fingerprint density at radius 2 is 1.88 bits per heavy atom. The van der Waals surface area contributed by atoms with Gasteiger partial charge in [0.2, 0.25) is 5.91 Å². The highest BCUT2D eigenvalue weighted by Gasteiger charge is 2.45. The average Bonchev–Trinajstić information content (AvgIpc) is 3.14.